The van der Waals surface area contributed by atoms with E-state index in [0.29, 0.717) is 11.8 Å². The second-order valence-corrected chi connectivity index (χ2v) is 3.95. The van der Waals surface area contributed by atoms with Crippen LogP contribution in [0.3, 0.4) is 0 Å². The quantitative estimate of drug-likeness (QED) is 0.460. The summed E-state index contributed by atoms with van der Waals surface area (Å²) in [6, 6.07) is 8.61. The lowest BCUT2D eigenvalue weighted by Crippen LogP contribution is -2.35. The summed E-state index contributed by atoms with van der Waals surface area (Å²) in [4.78, 5) is 23.1. The number of halogens is 1. The van der Waals surface area contributed by atoms with Crippen molar-refractivity contribution in [2.75, 3.05) is 0 Å². The highest BCUT2D eigenvalue weighted by molar-refractivity contribution is 6.23. The molecule has 1 N–H and O–H groups in total. The Labute approximate surface area is 97.6 Å². The highest BCUT2D eigenvalue weighted by Crippen LogP contribution is 2.33. The van der Waals surface area contributed by atoms with Gasteiger partial charge >= 0.3 is 0 Å². The first-order chi connectivity index (χ1) is 8.15. The van der Waals surface area contributed by atoms with Gasteiger partial charge in [0.25, 0.3) is 0 Å². The maximum Gasteiger partial charge on any atom is 0.204 e. The number of rotatable bonds is 1. The zero-order valence-corrected chi connectivity index (χ0v) is 8.97. The van der Waals surface area contributed by atoms with Crippen LogP contribution in [0.1, 0.15) is 17.9 Å². The van der Waals surface area contributed by atoms with Gasteiger partial charge in [-0.1, -0.05) is 30.3 Å². The molecule has 2 rings (SSSR count). The Hall–Kier alpha value is -1.97. The second-order valence-electron chi connectivity index (χ2n) is 3.95. The van der Waals surface area contributed by atoms with Gasteiger partial charge in [-0.3, -0.25) is 9.59 Å². The third-order valence-corrected chi connectivity index (χ3v) is 2.93. The van der Waals surface area contributed by atoms with Crippen molar-refractivity contribution in [3.8, 4) is 0 Å². The van der Waals surface area contributed by atoms with E-state index in [4.69, 9.17) is 5.11 Å². The van der Waals surface area contributed by atoms with Crippen molar-refractivity contribution in [1.82, 2.24) is 0 Å². The van der Waals surface area contributed by atoms with Crippen molar-refractivity contribution in [3.63, 3.8) is 0 Å². The summed E-state index contributed by atoms with van der Waals surface area (Å²) >= 11 is 0. The number of alkyl halides is 1. The minimum atomic E-state index is -1.77. The smallest absolute Gasteiger partial charge is 0.204 e. The number of aliphatic hydroxyl groups excluding tert-OH is 1. The molecule has 1 fully saturated rings. The van der Waals surface area contributed by atoms with Gasteiger partial charge in [-0.25, -0.2) is 4.39 Å². The maximum atomic E-state index is 13.9. The minimum Gasteiger partial charge on any atom is -0.515 e. The van der Waals surface area contributed by atoms with Crippen molar-refractivity contribution in [2.24, 2.45) is 0 Å². The molecule has 0 bridgehead atoms. The summed E-state index contributed by atoms with van der Waals surface area (Å²) < 4.78 is 13.9. The molecule has 17 heavy (non-hydrogen) atoms. The van der Waals surface area contributed by atoms with Gasteiger partial charge in [0.1, 0.15) is 0 Å². The van der Waals surface area contributed by atoms with Gasteiger partial charge < -0.3 is 5.11 Å². The Kier molecular flexibility index (Phi) is 3.04. The Morgan fingerprint density at radius 2 is 1.88 bits per heavy atom. The van der Waals surface area contributed by atoms with Crippen LogP contribution in [0.5, 0.6) is 0 Å². The van der Waals surface area contributed by atoms with Crippen LogP contribution in [0.4, 0.5) is 4.39 Å². The number of carbonyl (C=O) groups excluding carboxylic acids is 2. The fraction of sp³-hybridized carbons (Fsp3) is 0.231. The second kappa shape index (κ2) is 4.49. The van der Waals surface area contributed by atoms with Gasteiger partial charge in [-0.2, -0.15) is 0 Å². The first-order valence-electron chi connectivity index (χ1n) is 5.26. The zero-order valence-electron chi connectivity index (χ0n) is 8.97. The molecule has 0 saturated heterocycles. The van der Waals surface area contributed by atoms with Gasteiger partial charge in [0, 0.05) is 12.3 Å². The van der Waals surface area contributed by atoms with Crippen LogP contribution in [0.2, 0.25) is 0 Å². The van der Waals surface area contributed by atoms with Crippen LogP contribution in [0.15, 0.2) is 42.2 Å². The van der Waals surface area contributed by atoms with Crippen LogP contribution >= 0.6 is 0 Å². The average molecular weight is 234 g/mol. The molecule has 0 spiro atoms. The van der Waals surface area contributed by atoms with E-state index >= 15 is 0 Å². The maximum absolute atomic E-state index is 13.9. The van der Waals surface area contributed by atoms with E-state index in [2.05, 4.69) is 0 Å². The van der Waals surface area contributed by atoms with Crippen molar-refractivity contribution in [1.29, 1.82) is 0 Å². The summed E-state index contributed by atoms with van der Waals surface area (Å²) in [6.07, 6.45) is -1.46. The van der Waals surface area contributed by atoms with Gasteiger partial charge in [0.05, 0.1) is 11.8 Å². The molecular weight excluding hydrogens is 223 g/mol. The van der Waals surface area contributed by atoms with Crippen molar-refractivity contribution >= 4 is 11.6 Å². The number of benzene rings is 1. The molecule has 1 aliphatic carbocycles. The Balaban J connectivity index is 2.34. The molecular formula is C13H11FO3. The van der Waals surface area contributed by atoms with Crippen molar-refractivity contribution in [3.05, 3.63) is 47.7 Å². The molecule has 1 aliphatic rings. The predicted octanol–water partition coefficient (Wildman–Crippen LogP) is 2.09. The van der Waals surface area contributed by atoms with Gasteiger partial charge in [-0.05, 0) is 5.56 Å². The number of Topliss-reactive ketones (excluding diaryl/α,β-unsaturated/α-hetero) is 2. The fourth-order valence-electron chi connectivity index (χ4n) is 2.00. The highest BCUT2D eigenvalue weighted by Gasteiger charge is 2.40. The largest absolute Gasteiger partial charge is 0.515 e. The standard InChI is InChI=1S/C13H11FO3/c14-12-9(8-4-2-1-3-5-8)6-11(16)10(7-15)13(12)17/h1-5,7,9,12,15H,6H2. The summed E-state index contributed by atoms with van der Waals surface area (Å²) in [5, 5.41) is 8.74. The lowest BCUT2D eigenvalue weighted by molar-refractivity contribution is -0.128. The fourth-order valence-corrected chi connectivity index (χ4v) is 2.00. The number of aliphatic hydroxyl groups is 1. The number of carbonyl (C=O) groups is 2. The SMILES string of the molecule is O=C1CC(c2ccccc2)C(F)C(=O)C1=CO. The van der Waals surface area contributed by atoms with Crippen LogP contribution < -0.4 is 0 Å². The van der Waals surface area contributed by atoms with Gasteiger partial charge in [0.2, 0.25) is 5.78 Å². The van der Waals surface area contributed by atoms with E-state index in [1.165, 1.54) is 0 Å². The molecule has 3 nitrogen and oxygen atoms in total. The number of ketones is 2. The van der Waals surface area contributed by atoms with E-state index in [1.54, 1.807) is 30.3 Å². The van der Waals surface area contributed by atoms with Crippen LogP contribution in [-0.2, 0) is 9.59 Å². The third kappa shape index (κ3) is 1.98. The first-order valence-corrected chi connectivity index (χ1v) is 5.26. The molecule has 88 valence electrons. The lowest BCUT2D eigenvalue weighted by atomic mass is 9.79. The molecule has 2 unspecified atom stereocenters. The third-order valence-electron chi connectivity index (χ3n) is 2.93. The summed E-state index contributed by atoms with van der Waals surface area (Å²) in [5.41, 5.74) is 0.184. The van der Waals surface area contributed by atoms with Crippen molar-refractivity contribution < 1.29 is 19.1 Å². The van der Waals surface area contributed by atoms with Gasteiger partial charge in [0.15, 0.2) is 12.0 Å². The summed E-state index contributed by atoms with van der Waals surface area (Å²) in [7, 11) is 0. The molecule has 1 aromatic carbocycles. The van der Waals surface area contributed by atoms with E-state index in [-0.39, 0.29) is 6.42 Å². The van der Waals surface area contributed by atoms with E-state index in [0.717, 1.165) is 0 Å². The predicted molar refractivity (Wildman–Crippen MR) is 59.4 cm³/mol. The Morgan fingerprint density at radius 3 is 2.47 bits per heavy atom. The highest BCUT2D eigenvalue weighted by atomic mass is 19.1. The minimum absolute atomic E-state index is 0.0939. The molecule has 0 aliphatic heterocycles. The molecule has 0 amide bonds. The van der Waals surface area contributed by atoms with Crippen LogP contribution in [0, 0.1) is 0 Å². The average Bonchev–Trinajstić information content (AvgIpc) is 2.35. The molecule has 0 aromatic heterocycles. The molecule has 4 heteroatoms. The van der Waals surface area contributed by atoms with E-state index in [1.807, 2.05) is 0 Å². The van der Waals surface area contributed by atoms with Crippen LogP contribution in [0.25, 0.3) is 0 Å². The molecule has 0 radical (unpaired) electrons. The van der Waals surface area contributed by atoms with E-state index < -0.39 is 29.2 Å². The first kappa shape index (κ1) is 11.5. The molecule has 1 saturated carbocycles. The normalized spacial score (nSPS) is 27.5. The van der Waals surface area contributed by atoms with Gasteiger partial charge in [-0.15, -0.1) is 0 Å². The van der Waals surface area contributed by atoms with Crippen molar-refractivity contribution in [2.45, 2.75) is 18.5 Å². The monoisotopic (exact) mass is 234 g/mol. The van der Waals surface area contributed by atoms with E-state index in [9.17, 15) is 14.0 Å². The Bertz CT molecular complexity index is 479. The zero-order chi connectivity index (χ0) is 12.4. The molecule has 1 aromatic rings. The number of hydrogen-bond donors (Lipinski definition) is 1. The summed E-state index contributed by atoms with van der Waals surface area (Å²) in [5.74, 6) is -2.20. The molecule has 0 heterocycles. The van der Waals surface area contributed by atoms with Crippen LogP contribution in [-0.4, -0.2) is 22.8 Å². The number of hydrogen-bond acceptors (Lipinski definition) is 3. The number of allylic oxidation sites excluding steroid dienone is 1. The topological polar surface area (TPSA) is 54.4 Å². The molecule has 2 atom stereocenters. The lowest BCUT2D eigenvalue weighted by Gasteiger charge is -2.25. The Morgan fingerprint density at radius 1 is 1.24 bits per heavy atom. The summed E-state index contributed by atoms with van der Waals surface area (Å²) in [6.45, 7) is 0.